The third-order valence-electron chi connectivity index (χ3n) is 8.55. The van der Waals surface area contributed by atoms with Crippen molar-refractivity contribution in [3.05, 3.63) is 111 Å². The minimum Gasteiger partial charge on any atom is -0.491 e. The number of hydrogen-bond acceptors (Lipinski definition) is 9. The highest BCUT2D eigenvalue weighted by molar-refractivity contribution is 5.84. The number of aromatic nitrogens is 4. The molecular weight excluding hydrogens is 566 g/mol. The summed E-state index contributed by atoms with van der Waals surface area (Å²) in [6.45, 7) is 6.40. The highest BCUT2D eigenvalue weighted by Gasteiger charge is 2.36. The molecule has 10 heteroatoms. The Kier molecular flexibility index (Phi) is 7.13. The Bertz CT molecular complexity index is 2070. The quantitative estimate of drug-likeness (QED) is 0.266. The number of fused-ring (bicyclic) bond motifs is 1. The van der Waals surface area contributed by atoms with Crippen molar-refractivity contribution in [3.63, 3.8) is 0 Å². The molecule has 3 aromatic heterocycles. The van der Waals surface area contributed by atoms with E-state index in [1.165, 1.54) is 7.11 Å². The van der Waals surface area contributed by atoms with E-state index >= 15 is 0 Å². The molecule has 226 valence electrons. The Morgan fingerprint density at radius 3 is 2.29 bits per heavy atom. The molecule has 0 saturated carbocycles. The van der Waals surface area contributed by atoms with Gasteiger partial charge in [-0.15, -0.1) is 0 Å². The van der Waals surface area contributed by atoms with Crippen molar-refractivity contribution in [2.45, 2.75) is 32.5 Å². The van der Waals surface area contributed by atoms with Crippen LogP contribution < -0.4 is 26.2 Å². The number of ether oxygens (including phenoxy) is 1. The lowest BCUT2D eigenvalue weighted by Crippen LogP contribution is -2.59. The maximum atomic E-state index is 12.4. The summed E-state index contributed by atoms with van der Waals surface area (Å²) in [7, 11) is 1.44. The average Bonchev–Trinajstić information content (AvgIpc) is 3.43. The van der Waals surface area contributed by atoms with Crippen LogP contribution in [0.4, 0.5) is 11.5 Å². The summed E-state index contributed by atoms with van der Waals surface area (Å²) in [6, 6.07) is 26.3. The van der Waals surface area contributed by atoms with Crippen LogP contribution in [0.5, 0.6) is 5.75 Å². The van der Waals surface area contributed by atoms with Crippen molar-refractivity contribution in [1.82, 2.24) is 24.4 Å². The first kappa shape index (κ1) is 28.4. The van der Waals surface area contributed by atoms with Crippen LogP contribution in [0.25, 0.3) is 39.5 Å². The molecule has 2 N–H and O–H groups in total. The van der Waals surface area contributed by atoms with E-state index in [-0.39, 0.29) is 17.8 Å². The summed E-state index contributed by atoms with van der Waals surface area (Å²) < 4.78 is 7.27. The van der Waals surface area contributed by atoms with E-state index in [2.05, 4.69) is 48.0 Å². The Morgan fingerprint density at radius 2 is 1.60 bits per heavy atom. The Balaban J connectivity index is 1.19. The number of anilines is 2. The number of hydrogen-bond donors (Lipinski definition) is 1. The van der Waals surface area contributed by atoms with Crippen LogP contribution >= 0.6 is 0 Å². The van der Waals surface area contributed by atoms with Gasteiger partial charge in [-0.1, -0.05) is 42.5 Å². The normalized spacial score (nSPS) is 17.3. The lowest BCUT2D eigenvalue weighted by molar-refractivity contribution is 0.191. The monoisotopic (exact) mass is 599 g/mol. The minimum absolute atomic E-state index is 0.0416. The Morgan fingerprint density at radius 1 is 0.867 bits per heavy atom. The van der Waals surface area contributed by atoms with Gasteiger partial charge in [0.1, 0.15) is 17.0 Å². The fourth-order valence-corrected chi connectivity index (χ4v) is 6.55. The molecule has 45 heavy (non-hydrogen) atoms. The number of pyridine rings is 2. The summed E-state index contributed by atoms with van der Waals surface area (Å²) in [6.07, 6.45) is 1.67. The Hall–Kier alpha value is -5.35. The number of imidazole rings is 1. The van der Waals surface area contributed by atoms with Crippen LogP contribution in [0.1, 0.15) is 19.4 Å². The molecule has 10 nitrogen and oxygen atoms in total. The van der Waals surface area contributed by atoms with E-state index in [1.807, 2.05) is 64.1 Å². The first-order valence-electron chi connectivity index (χ1n) is 15.0. The maximum Gasteiger partial charge on any atom is 0.272 e. The zero-order chi connectivity index (χ0) is 31.2. The average molecular weight is 600 g/mol. The molecule has 3 aromatic carbocycles. The second-order valence-corrected chi connectivity index (χ2v) is 11.6. The number of benzene rings is 2. The first-order valence-corrected chi connectivity index (χ1v) is 15.0. The number of nitrogen functional groups attached to an aromatic ring is 1. The molecule has 7 rings (SSSR count). The summed E-state index contributed by atoms with van der Waals surface area (Å²) in [4.78, 5) is 43.1. The topological polar surface area (TPSA) is 119 Å². The number of nitrogens with zero attached hydrogens (tertiary/aromatic N) is 6. The van der Waals surface area contributed by atoms with Crippen LogP contribution in [-0.2, 0) is 6.54 Å². The first-order chi connectivity index (χ1) is 21.8. The molecule has 1 aliphatic rings. The summed E-state index contributed by atoms with van der Waals surface area (Å²) in [5.74, 6) is 1.25. The van der Waals surface area contributed by atoms with Crippen LogP contribution in [0, 0.1) is 0 Å². The van der Waals surface area contributed by atoms with Crippen molar-refractivity contribution in [1.29, 1.82) is 0 Å². The molecule has 0 spiro atoms. The molecule has 0 bridgehead atoms. The van der Waals surface area contributed by atoms with Gasteiger partial charge in [0.2, 0.25) is 0 Å². The number of nitrogens with two attached hydrogens (primary N) is 1. The maximum absolute atomic E-state index is 12.4. The van der Waals surface area contributed by atoms with Gasteiger partial charge in [-0.3, -0.25) is 19.1 Å². The summed E-state index contributed by atoms with van der Waals surface area (Å²) in [5.41, 5.74) is 11.9. The predicted octanol–water partition coefficient (Wildman–Crippen LogP) is 4.44. The fraction of sp³-hybridized carbons (Fsp3) is 0.229. The van der Waals surface area contributed by atoms with E-state index in [9.17, 15) is 9.59 Å². The van der Waals surface area contributed by atoms with Crippen molar-refractivity contribution in [3.8, 4) is 34.1 Å². The Labute approximate surface area is 260 Å². The zero-order valence-corrected chi connectivity index (χ0v) is 25.3. The van der Waals surface area contributed by atoms with Gasteiger partial charge < -0.3 is 15.4 Å². The molecule has 1 fully saturated rings. The molecule has 1 saturated heterocycles. The third-order valence-corrected chi connectivity index (χ3v) is 8.55. The van der Waals surface area contributed by atoms with Gasteiger partial charge in [0.25, 0.3) is 10.9 Å². The molecule has 0 aliphatic carbocycles. The standard InChI is InChI=1S/C35H33N7O3/c1-21-18-40(19-22(2)41(21)29-30(43)31(44)32(29)45-3)20-23-11-13-25(14-12-23)42-34(26-10-7-17-37-33(26)36)39-28-16-15-27(38-35(28)42)24-8-5-4-6-9-24/h4-17,21-22H,18-20H2,1-3H3,(H2,36,37)/t21-,22+. The van der Waals surface area contributed by atoms with Crippen LogP contribution in [0.3, 0.4) is 0 Å². The molecule has 2 atom stereocenters. The second kappa shape index (κ2) is 11.3. The van der Waals surface area contributed by atoms with Gasteiger partial charge in [-0.05, 0) is 55.8 Å². The van der Waals surface area contributed by atoms with E-state index in [4.69, 9.17) is 20.4 Å². The molecule has 0 radical (unpaired) electrons. The minimum atomic E-state index is -0.541. The molecule has 0 unspecified atom stereocenters. The van der Waals surface area contributed by atoms with Crippen LogP contribution in [0.15, 0.2) is 94.6 Å². The van der Waals surface area contributed by atoms with E-state index < -0.39 is 10.9 Å². The van der Waals surface area contributed by atoms with Gasteiger partial charge in [0.15, 0.2) is 17.2 Å². The van der Waals surface area contributed by atoms with Crippen molar-refractivity contribution >= 4 is 22.7 Å². The van der Waals surface area contributed by atoms with Crippen LogP contribution in [-0.4, -0.2) is 56.7 Å². The molecule has 1 aliphatic heterocycles. The molecule has 4 heterocycles. The molecule has 6 aromatic rings. The van der Waals surface area contributed by atoms with Gasteiger partial charge in [-0.2, -0.15) is 0 Å². The number of piperazine rings is 1. The number of rotatable bonds is 7. The summed E-state index contributed by atoms with van der Waals surface area (Å²) >= 11 is 0. The molecule has 0 amide bonds. The van der Waals surface area contributed by atoms with Gasteiger partial charge in [0, 0.05) is 49.2 Å². The lowest BCUT2D eigenvalue weighted by atomic mass is 10.0. The van der Waals surface area contributed by atoms with Gasteiger partial charge in [0.05, 0.1) is 18.4 Å². The van der Waals surface area contributed by atoms with Gasteiger partial charge in [-0.25, -0.2) is 15.0 Å². The fourth-order valence-electron chi connectivity index (χ4n) is 6.55. The second-order valence-electron chi connectivity index (χ2n) is 11.6. The molecular formula is C35H33N7O3. The highest BCUT2D eigenvalue weighted by atomic mass is 16.5. The SMILES string of the molecule is COc1c(N2[C@H](C)CN(Cc3ccc(-n4c(-c5cccnc5N)nc5ccc(-c6ccccc6)nc54)cc3)C[C@@H]2C)c(=O)c1=O. The van der Waals surface area contributed by atoms with Crippen molar-refractivity contribution in [2.75, 3.05) is 30.8 Å². The lowest BCUT2D eigenvalue weighted by Gasteiger charge is -2.46. The predicted molar refractivity (Wildman–Crippen MR) is 177 cm³/mol. The van der Waals surface area contributed by atoms with Crippen LogP contribution in [0.2, 0.25) is 0 Å². The highest BCUT2D eigenvalue weighted by Crippen LogP contribution is 2.33. The smallest absolute Gasteiger partial charge is 0.272 e. The van der Waals surface area contributed by atoms with E-state index in [0.717, 1.165) is 58.9 Å². The zero-order valence-electron chi connectivity index (χ0n) is 25.3. The van der Waals surface area contributed by atoms with Crippen molar-refractivity contribution in [2.24, 2.45) is 0 Å². The third kappa shape index (κ3) is 4.93. The van der Waals surface area contributed by atoms with Gasteiger partial charge >= 0.3 is 0 Å². The van der Waals surface area contributed by atoms with E-state index in [0.29, 0.717) is 17.3 Å². The summed E-state index contributed by atoms with van der Waals surface area (Å²) in [5, 5.41) is 0. The number of methoxy groups -OCH3 is 1. The van der Waals surface area contributed by atoms with Crippen molar-refractivity contribution < 1.29 is 4.74 Å². The largest absolute Gasteiger partial charge is 0.491 e. The van der Waals surface area contributed by atoms with E-state index in [1.54, 1.807) is 6.20 Å².